The van der Waals surface area contributed by atoms with Gasteiger partial charge in [0.05, 0.1) is 12.1 Å². The topological polar surface area (TPSA) is 82.5 Å². The van der Waals surface area contributed by atoms with E-state index in [9.17, 15) is 14.7 Å². The van der Waals surface area contributed by atoms with Crippen molar-refractivity contribution in [1.29, 1.82) is 0 Å². The second-order valence-electron chi connectivity index (χ2n) is 8.11. The van der Waals surface area contributed by atoms with Crippen LogP contribution >= 0.6 is 0 Å². The predicted molar refractivity (Wildman–Crippen MR) is 103 cm³/mol. The SMILES string of the molecule is CC1CCN(C(=O)[C@H]2CC[C@@H](O)[C@H](NC(=O)CCc3ccncc3)C2)CC1. The van der Waals surface area contributed by atoms with E-state index in [1.165, 1.54) is 0 Å². The summed E-state index contributed by atoms with van der Waals surface area (Å²) in [5, 5.41) is 13.3. The minimum Gasteiger partial charge on any atom is -0.391 e. The number of carbonyl (C=O) groups is 2. The summed E-state index contributed by atoms with van der Waals surface area (Å²) in [5.74, 6) is 0.725. The first-order valence-electron chi connectivity index (χ1n) is 10.2. The van der Waals surface area contributed by atoms with Crippen LogP contribution in [0.25, 0.3) is 0 Å². The molecular weight excluding hydrogens is 342 g/mol. The molecule has 0 spiro atoms. The highest BCUT2D eigenvalue weighted by molar-refractivity contribution is 5.80. The van der Waals surface area contributed by atoms with Crippen LogP contribution in [-0.4, -0.2) is 52.0 Å². The maximum atomic E-state index is 12.8. The molecule has 2 heterocycles. The summed E-state index contributed by atoms with van der Waals surface area (Å²) >= 11 is 0. The Morgan fingerprint density at radius 2 is 1.89 bits per heavy atom. The summed E-state index contributed by atoms with van der Waals surface area (Å²) in [6, 6.07) is 3.47. The zero-order valence-corrected chi connectivity index (χ0v) is 16.1. The van der Waals surface area contributed by atoms with Gasteiger partial charge in [-0.1, -0.05) is 6.92 Å². The smallest absolute Gasteiger partial charge is 0.225 e. The van der Waals surface area contributed by atoms with E-state index in [4.69, 9.17) is 0 Å². The van der Waals surface area contributed by atoms with Gasteiger partial charge >= 0.3 is 0 Å². The number of aliphatic hydroxyl groups is 1. The fourth-order valence-electron chi connectivity index (χ4n) is 4.11. The van der Waals surface area contributed by atoms with Crippen molar-refractivity contribution in [2.75, 3.05) is 13.1 Å². The molecule has 1 aromatic heterocycles. The molecule has 1 aliphatic carbocycles. The van der Waals surface area contributed by atoms with Gasteiger partial charge in [-0.2, -0.15) is 0 Å². The molecule has 6 nitrogen and oxygen atoms in total. The molecule has 6 heteroatoms. The van der Waals surface area contributed by atoms with Crippen molar-refractivity contribution in [2.45, 2.75) is 64.0 Å². The van der Waals surface area contributed by atoms with Crippen LogP contribution in [0.3, 0.4) is 0 Å². The molecule has 2 N–H and O–H groups in total. The van der Waals surface area contributed by atoms with Gasteiger partial charge in [-0.3, -0.25) is 14.6 Å². The van der Waals surface area contributed by atoms with Crippen molar-refractivity contribution in [3.8, 4) is 0 Å². The predicted octanol–water partition coefficient (Wildman–Crippen LogP) is 1.92. The molecule has 2 amide bonds. The number of carbonyl (C=O) groups excluding carboxylic acids is 2. The highest BCUT2D eigenvalue weighted by Crippen LogP contribution is 2.28. The third-order valence-corrected chi connectivity index (χ3v) is 5.99. The van der Waals surface area contributed by atoms with E-state index in [-0.39, 0.29) is 23.8 Å². The third kappa shape index (κ3) is 5.51. The Morgan fingerprint density at radius 3 is 2.59 bits per heavy atom. The van der Waals surface area contributed by atoms with E-state index in [1.54, 1.807) is 12.4 Å². The van der Waals surface area contributed by atoms with E-state index < -0.39 is 6.10 Å². The van der Waals surface area contributed by atoms with Crippen LogP contribution in [0.15, 0.2) is 24.5 Å². The minimum atomic E-state index is -0.569. The van der Waals surface area contributed by atoms with Crippen LogP contribution in [0.2, 0.25) is 0 Å². The minimum absolute atomic E-state index is 0.0734. The molecule has 0 aromatic carbocycles. The lowest BCUT2D eigenvalue weighted by atomic mass is 9.82. The molecule has 148 valence electrons. The van der Waals surface area contributed by atoms with Gasteiger partial charge in [0.15, 0.2) is 0 Å². The number of pyridine rings is 1. The Morgan fingerprint density at radius 1 is 1.19 bits per heavy atom. The first-order valence-corrected chi connectivity index (χ1v) is 10.2. The van der Waals surface area contributed by atoms with Crippen molar-refractivity contribution in [2.24, 2.45) is 11.8 Å². The van der Waals surface area contributed by atoms with Gasteiger partial charge in [-0.25, -0.2) is 0 Å². The zero-order chi connectivity index (χ0) is 19.2. The maximum absolute atomic E-state index is 12.8. The number of aliphatic hydroxyl groups excluding tert-OH is 1. The van der Waals surface area contributed by atoms with Crippen molar-refractivity contribution in [3.63, 3.8) is 0 Å². The molecule has 1 aliphatic heterocycles. The van der Waals surface area contributed by atoms with Crippen molar-refractivity contribution >= 4 is 11.8 Å². The molecular formula is C21H31N3O3. The molecule has 27 heavy (non-hydrogen) atoms. The highest BCUT2D eigenvalue weighted by atomic mass is 16.3. The number of piperidine rings is 1. The van der Waals surface area contributed by atoms with Gasteiger partial charge < -0.3 is 15.3 Å². The first-order chi connectivity index (χ1) is 13.0. The van der Waals surface area contributed by atoms with Gasteiger partial charge in [0, 0.05) is 37.8 Å². The Bertz CT molecular complexity index is 629. The quantitative estimate of drug-likeness (QED) is 0.826. The van der Waals surface area contributed by atoms with Gasteiger partial charge in [-0.05, 0) is 62.1 Å². The third-order valence-electron chi connectivity index (χ3n) is 5.99. The molecule has 3 atom stereocenters. The summed E-state index contributed by atoms with van der Waals surface area (Å²) in [6.45, 7) is 3.90. The first kappa shape index (κ1) is 19.8. The number of rotatable bonds is 5. The van der Waals surface area contributed by atoms with Crippen molar-refractivity contribution in [3.05, 3.63) is 30.1 Å². The van der Waals surface area contributed by atoms with Crippen LogP contribution in [0, 0.1) is 11.8 Å². The van der Waals surface area contributed by atoms with Gasteiger partial charge in [0.1, 0.15) is 0 Å². The van der Waals surface area contributed by atoms with Gasteiger partial charge in [-0.15, -0.1) is 0 Å². The van der Waals surface area contributed by atoms with E-state index in [2.05, 4.69) is 17.2 Å². The number of amides is 2. The van der Waals surface area contributed by atoms with Gasteiger partial charge in [0.25, 0.3) is 0 Å². The standard InChI is InChI=1S/C21H31N3O3/c1-15-8-12-24(13-9-15)21(27)17-3-4-19(25)18(14-17)23-20(26)5-2-16-6-10-22-11-7-16/h6-7,10-11,15,17-19,25H,2-5,8-9,12-14H2,1H3,(H,23,26)/t17-,18+,19+/m0/s1. The van der Waals surface area contributed by atoms with Crippen molar-refractivity contribution in [1.82, 2.24) is 15.2 Å². The average Bonchev–Trinajstić information content (AvgIpc) is 2.69. The molecule has 0 unspecified atom stereocenters. The molecule has 2 fully saturated rings. The van der Waals surface area contributed by atoms with E-state index in [1.807, 2.05) is 17.0 Å². The van der Waals surface area contributed by atoms with Gasteiger partial charge in [0.2, 0.25) is 11.8 Å². The molecule has 0 bridgehead atoms. The normalized spacial score (nSPS) is 26.6. The molecule has 0 radical (unpaired) electrons. The van der Waals surface area contributed by atoms with Crippen LogP contribution in [-0.2, 0) is 16.0 Å². The van der Waals surface area contributed by atoms with E-state index in [0.717, 1.165) is 31.5 Å². The van der Waals surface area contributed by atoms with E-state index in [0.29, 0.717) is 38.0 Å². The molecule has 1 saturated heterocycles. The Kier molecular flexibility index (Phi) is 6.83. The number of nitrogens with one attached hydrogen (secondary N) is 1. The zero-order valence-electron chi connectivity index (χ0n) is 16.1. The Hall–Kier alpha value is -1.95. The Labute approximate surface area is 161 Å². The number of aryl methyl sites for hydroxylation is 1. The Balaban J connectivity index is 1.49. The molecule has 1 aromatic rings. The van der Waals surface area contributed by atoms with Crippen LogP contribution in [0.4, 0.5) is 0 Å². The summed E-state index contributed by atoms with van der Waals surface area (Å²) < 4.78 is 0. The van der Waals surface area contributed by atoms with Crippen LogP contribution < -0.4 is 5.32 Å². The van der Waals surface area contributed by atoms with Crippen LogP contribution in [0.5, 0.6) is 0 Å². The lowest BCUT2D eigenvalue weighted by molar-refractivity contribution is -0.140. The summed E-state index contributed by atoms with van der Waals surface area (Å²) in [5.41, 5.74) is 1.07. The number of aromatic nitrogens is 1. The number of likely N-dealkylation sites (tertiary alicyclic amines) is 1. The number of hydrogen-bond acceptors (Lipinski definition) is 4. The average molecular weight is 373 g/mol. The summed E-state index contributed by atoms with van der Waals surface area (Å²) in [7, 11) is 0. The highest BCUT2D eigenvalue weighted by Gasteiger charge is 2.36. The summed E-state index contributed by atoms with van der Waals surface area (Å²) in [6.07, 6.45) is 7.82. The summed E-state index contributed by atoms with van der Waals surface area (Å²) in [4.78, 5) is 31.1. The molecule has 1 saturated carbocycles. The lowest BCUT2D eigenvalue weighted by Gasteiger charge is -2.37. The second kappa shape index (κ2) is 9.31. The fraction of sp³-hybridized carbons (Fsp3) is 0.667. The molecule has 3 rings (SSSR count). The largest absolute Gasteiger partial charge is 0.391 e. The lowest BCUT2D eigenvalue weighted by Crippen LogP contribution is -2.51. The van der Waals surface area contributed by atoms with Crippen molar-refractivity contribution < 1.29 is 14.7 Å². The number of nitrogens with zero attached hydrogens (tertiary/aromatic N) is 2. The molecule has 2 aliphatic rings. The number of hydrogen-bond donors (Lipinski definition) is 2. The monoisotopic (exact) mass is 373 g/mol. The van der Waals surface area contributed by atoms with E-state index >= 15 is 0 Å². The second-order valence-corrected chi connectivity index (χ2v) is 8.11. The fourth-order valence-corrected chi connectivity index (χ4v) is 4.11. The van der Waals surface area contributed by atoms with Crippen LogP contribution in [0.1, 0.15) is 51.0 Å². The maximum Gasteiger partial charge on any atom is 0.225 e.